The van der Waals surface area contributed by atoms with Crippen molar-refractivity contribution in [1.29, 1.82) is 0 Å². The van der Waals surface area contributed by atoms with Gasteiger partial charge in [0.25, 0.3) is 0 Å². The number of nitrogens with zero attached hydrogens (tertiary/aromatic N) is 3. The van der Waals surface area contributed by atoms with Crippen LogP contribution in [0.3, 0.4) is 0 Å². The first-order chi connectivity index (χ1) is 19.2. The van der Waals surface area contributed by atoms with Crippen LogP contribution in [0, 0.1) is 5.92 Å². The van der Waals surface area contributed by atoms with Gasteiger partial charge in [-0.3, -0.25) is 4.79 Å². The Balaban J connectivity index is 1.71. The summed E-state index contributed by atoms with van der Waals surface area (Å²) in [6, 6.07) is 10.6. The van der Waals surface area contributed by atoms with E-state index in [4.69, 9.17) is 14.2 Å². The zero-order valence-corrected chi connectivity index (χ0v) is 25.6. The summed E-state index contributed by atoms with van der Waals surface area (Å²) in [6.45, 7) is 6.97. The lowest BCUT2D eigenvalue weighted by Crippen LogP contribution is -2.50. The number of benzene rings is 2. The van der Waals surface area contributed by atoms with Crippen LogP contribution in [0.4, 0.5) is 5.69 Å². The average molecular weight is 576 g/mol. The third-order valence-electron chi connectivity index (χ3n) is 7.70. The fourth-order valence-corrected chi connectivity index (χ4v) is 6.27. The summed E-state index contributed by atoms with van der Waals surface area (Å²) < 4.78 is 44.7. The molecule has 1 aliphatic rings. The van der Waals surface area contributed by atoms with E-state index < -0.39 is 10.0 Å². The molecule has 0 spiro atoms. The predicted octanol–water partition coefficient (Wildman–Crippen LogP) is 4.44. The molecule has 0 unspecified atom stereocenters. The van der Waals surface area contributed by atoms with E-state index in [2.05, 4.69) is 18.7 Å². The molecule has 1 fully saturated rings. The standard InChI is InChI=1S/C30H45N3O6S/c1-7-9-10-24(8-2)30(34)33-19-17-32(18-20-33)26-22-25(12-14-27(26)37-4)40(35,36)31(3)16-15-23-11-13-28(38-5)29(21-23)39-6/h11-14,21-22,24H,7-10,15-20H2,1-6H3/t24-/m1/s1. The number of carbonyl (C=O) groups excluding carboxylic acids is 1. The van der Waals surface area contributed by atoms with Crippen LogP contribution in [0.5, 0.6) is 17.2 Å². The van der Waals surface area contributed by atoms with Crippen molar-refractivity contribution < 1.29 is 27.4 Å². The van der Waals surface area contributed by atoms with Crippen LogP contribution in [-0.4, -0.2) is 84.6 Å². The fraction of sp³-hybridized carbons (Fsp3) is 0.567. The van der Waals surface area contributed by atoms with E-state index in [-0.39, 0.29) is 16.7 Å². The van der Waals surface area contributed by atoms with E-state index in [1.165, 1.54) is 4.31 Å². The second-order valence-corrected chi connectivity index (χ2v) is 12.2. The SMILES string of the molecule is CCCC[C@@H](CC)C(=O)N1CCN(c2cc(S(=O)(=O)N(C)CCc3ccc(OC)c(OC)c3)ccc2OC)CC1. The average Bonchev–Trinajstić information content (AvgIpc) is 2.99. The van der Waals surface area contributed by atoms with Gasteiger partial charge in [0.1, 0.15) is 5.75 Å². The molecule has 0 bridgehead atoms. The number of ether oxygens (including phenoxy) is 3. The Bertz CT molecular complexity index is 1230. The van der Waals surface area contributed by atoms with Gasteiger partial charge in [-0.05, 0) is 55.2 Å². The molecular formula is C30H45N3O6S. The van der Waals surface area contributed by atoms with Crippen LogP contribution in [0.2, 0.25) is 0 Å². The predicted molar refractivity (Wildman–Crippen MR) is 158 cm³/mol. The molecule has 1 aliphatic heterocycles. The van der Waals surface area contributed by atoms with Crippen molar-refractivity contribution in [1.82, 2.24) is 9.21 Å². The van der Waals surface area contributed by atoms with Crippen molar-refractivity contribution >= 4 is 21.6 Å². The minimum Gasteiger partial charge on any atom is -0.495 e. The Labute approximate surface area is 240 Å². The van der Waals surface area contributed by atoms with Gasteiger partial charge in [-0.1, -0.05) is 32.8 Å². The number of piperazine rings is 1. The number of likely N-dealkylation sites (N-methyl/N-ethyl adjacent to an activating group) is 1. The molecule has 0 saturated carbocycles. The van der Waals surface area contributed by atoms with E-state index >= 15 is 0 Å². The van der Waals surface area contributed by atoms with E-state index in [1.807, 2.05) is 23.1 Å². The molecule has 1 heterocycles. The number of carbonyl (C=O) groups is 1. The summed E-state index contributed by atoms with van der Waals surface area (Å²) in [7, 11) is 2.59. The number of methoxy groups -OCH3 is 3. The summed E-state index contributed by atoms with van der Waals surface area (Å²) in [4.78, 5) is 17.4. The summed E-state index contributed by atoms with van der Waals surface area (Å²) in [5.74, 6) is 2.16. The van der Waals surface area contributed by atoms with Crippen molar-refractivity contribution in [2.45, 2.75) is 50.8 Å². The zero-order valence-electron chi connectivity index (χ0n) is 24.8. The molecule has 1 saturated heterocycles. The van der Waals surface area contributed by atoms with Crippen LogP contribution in [0.15, 0.2) is 41.3 Å². The van der Waals surface area contributed by atoms with Gasteiger partial charge in [0.15, 0.2) is 11.5 Å². The summed E-state index contributed by atoms with van der Waals surface area (Å²) in [6.07, 6.45) is 4.45. The quantitative estimate of drug-likeness (QED) is 0.329. The van der Waals surface area contributed by atoms with Crippen molar-refractivity contribution in [3.05, 3.63) is 42.0 Å². The Morgan fingerprint density at radius 3 is 2.17 bits per heavy atom. The Morgan fingerprint density at radius 2 is 1.57 bits per heavy atom. The van der Waals surface area contributed by atoms with Gasteiger partial charge in [0.05, 0.1) is 31.9 Å². The second kappa shape index (κ2) is 14.6. The molecule has 3 rings (SSSR count). The number of hydrogen-bond donors (Lipinski definition) is 0. The number of hydrogen-bond acceptors (Lipinski definition) is 7. The number of unbranched alkanes of at least 4 members (excludes halogenated alkanes) is 1. The van der Waals surface area contributed by atoms with Crippen LogP contribution < -0.4 is 19.1 Å². The highest BCUT2D eigenvalue weighted by Gasteiger charge is 2.29. The molecule has 1 amide bonds. The Hall–Kier alpha value is -2.98. The summed E-state index contributed by atoms with van der Waals surface area (Å²) in [5, 5.41) is 0. The first-order valence-corrected chi connectivity index (χ1v) is 15.5. The largest absolute Gasteiger partial charge is 0.495 e. The van der Waals surface area contributed by atoms with Crippen LogP contribution in [-0.2, 0) is 21.2 Å². The lowest BCUT2D eigenvalue weighted by molar-refractivity contribution is -0.136. The van der Waals surface area contributed by atoms with E-state index in [0.717, 1.165) is 36.9 Å². The smallest absolute Gasteiger partial charge is 0.242 e. The highest BCUT2D eigenvalue weighted by atomic mass is 32.2. The van der Waals surface area contributed by atoms with Gasteiger partial charge >= 0.3 is 0 Å². The fourth-order valence-electron chi connectivity index (χ4n) is 5.08. The van der Waals surface area contributed by atoms with Crippen LogP contribution in [0.25, 0.3) is 0 Å². The Morgan fingerprint density at radius 1 is 0.925 bits per heavy atom. The number of amides is 1. The lowest BCUT2D eigenvalue weighted by Gasteiger charge is -2.38. The van der Waals surface area contributed by atoms with Gasteiger partial charge in [-0.15, -0.1) is 0 Å². The maximum Gasteiger partial charge on any atom is 0.242 e. The van der Waals surface area contributed by atoms with Crippen LogP contribution >= 0.6 is 0 Å². The normalized spacial score (nSPS) is 14.8. The minimum absolute atomic E-state index is 0.0732. The zero-order chi connectivity index (χ0) is 29.3. The van der Waals surface area contributed by atoms with Gasteiger partial charge in [-0.25, -0.2) is 12.7 Å². The van der Waals surface area contributed by atoms with Crippen molar-refractivity contribution in [3.63, 3.8) is 0 Å². The molecule has 9 nitrogen and oxygen atoms in total. The molecule has 10 heteroatoms. The number of rotatable bonds is 14. The number of sulfonamides is 1. The lowest BCUT2D eigenvalue weighted by atomic mass is 9.97. The van der Waals surface area contributed by atoms with Gasteiger partial charge in [0.2, 0.25) is 15.9 Å². The Kier molecular flexibility index (Phi) is 11.5. The first kappa shape index (κ1) is 31.5. The van der Waals surface area contributed by atoms with Crippen LogP contribution in [0.1, 0.15) is 45.1 Å². The minimum atomic E-state index is -3.74. The molecule has 1 atom stereocenters. The van der Waals surface area contributed by atoms with E-state index in [0.29, 0.717) is 56.4 Å². The maximum absolute atomic E-state index is 13.5. The van der Waals surface area contributed by atoms with Crippen molar-refractivity contribution in [2.75, 3.05) is 66.0 Å². The van der Waals surface area contributed by atoms with Crippen molar-refractivity contribution in [3.8, 4) is 17.2 Å². The van der Waals surface area contributed by atoms with Gasteiger partial charge in [-0.2, -0.15) is 0 Å². The molecule has 0 aromatic heterocycles. The third kappa shape index (κ3) is 7.40. The molecule has 2 aromatic rings. The topological polar surface area (TPSA) is 88.6 Å². The van der Waals surface area contributed by atoms with Crippen molar-refractivity contribution in [2.24, 2.45) is 5.92 Å². The van der Waals surface area contributed by atoms with Gasteiger partial charge in [0, 0.05) is 45.7 Å². The highest BCUT2D eigenvalue weighted by Crippen LogP contribution is 2.33. The van der Waals surface area contributed by atoms with E-state index in [1.54, 1.807) is 46.6 Å². The molecular weight excluding hydrogens is 530 g/mol. The molecule has 40 heavy (non-hydrogen) atoms. The summed E-state index contributed by atoms with van der Waals surface area (Å²) >= 11 is 0. The number of anilines is 1. The molecule has 0 radical (unpaired) electrons. The molecule has 2 aromatic carbocycles. The molecule has 222 valence electrons. The summed E-state index contributed by atoms with van der Waals surface area (Å²) in [5.41, 5.74) is 1.67. The maximum atomic E-state index is 13.5. The second-order valence-electron chi connectivity index (χ2n) is 10.2. The monoisotopic (exact) mass is 575 g/mol. The third-order valence-corrected chi connectivity index (χ3v) is 9.55. The molecule has 0 aliphatic carbocycles. The first-order valence-electron chi connectivity index (χ1n) is 14.1. The van der Waals surface area contributed by atoms with Gasteiger partial charge < -0.3 is 24.0 Å². The highest BCUT2D eigenvalue weighted by molar-refractivity contribution is 7.89. The molecule has 0 N–H and O–H groups in total. The van der Waals surface area contributed by atoms with E-state index in [9.17, 15) is 13.2 Å².